The first-order valence-electron chi connectivity index (χ1n) is 5.81. The molecule has 0 amide bonds. The third-order valence-corrected chi connectivity index (χ3v) is 3.00. The van der Waals surface area contributed by atoms with Crippen LogP contribution in [0.2, 0.25) is 0 Å². The SMILES string of the molecule is Cc1[c]c(-c2ccc3ccccc3c2)ccc1. The van der Waals surface area contributed by atoms with Gasteiger partial charge in [0.15, 0.2) is 0 Å². The fourth-order valence-electron chi connectivity index (χ4n) is 2.11. The van der Waals surface area contributed by atoms with Gasteiger partial charge in [-0.25, -0.2) is 0 Å². The Morgan fingerprint density at radius 2 is 1.59 bits per heavy atom. The molecule has 0 bridgehead atoms. The largest absolute Gasteiger partial charge is 0.0616 e. The first-order chi connectivity index (χ1) is 8.33. The Bertz CT molecular complexity index is 665. The minimum absolute atomic E-state index is 1.16. The van der Waals surface area contributed by atoms with Gasteiger partial charge in [0.05, 0.1) is 0 Å². The van der Waals surface area contributed by atoms with Crippen LogP contribution in [-0.2, 0) is 0 Å². The molecule has 3 aromatic rings. The molecule has 81 valence electrons. The summed E-state index contributed by atoms with van der Waals surface area (Å²) in [6.45, 7) is 2.07. The second-order valence-electron chi connectivity index (χ2n) is 4.31. The lowest BCUT2D eigenvalue weighted by Gasteiger charge is -2.04. The van der Waals surface area contributed by atoms with Gasteiger partial charge in [-0.05, 0) is 46.5 Å². The van der Waals surface area contributed by atoms with Crippen molar-refractivity contribution in [2.45, 2.75) is 6.92 Å². The molecule has 0 N–H and O–H groups in total. The third-order valence-electron chi connectivity index (χ3n) is 3.00. The fraction of sp³-hybridized carbons (Fsp3) is 0.0588. The number of hydrogen-bond donors (Lipinski definition) is 0. The Balaban J connectivity index is 2.18. The number of benzene rings is 3. The smallest absolute Gasteiger partial charge is 0.00672 e. The molecule has 0 aliphatic carbocycles. The number of hydrogen-bond acceptors (Lipinski definition) is 0. The van der Waals surface area contributed by atoms with E-state index in [4.69, 9.17) is 0 Å². The Morgan fingerprint density at radius 1 is 0.765 bits per heavy atom. The monoisotopic (exact) mass is 217 g/mol. The zero-order chi connectivity index (χ0) is 11.7. The van der Waals surface area contributed by atoms with Crippen molar-refractivity contribution < 1.29 is 0 Å². The van der Waals surface area contributed by atoms with Gasteiger partial charge in [0.25, 0.3) is 0 Å². The number of aryl methyl sites for hydroxylation is 1. The fourth-order valence-corrected chi connectivity index (χ4v) is 2.11. The highest BCUT2D eigenvalue weighted by atomic mass is 14.0. The average Bonchev–Trinajstić information content (AvgIpc) is 2.38. The summed E-state index contributed by atoms with van der Waals surface area (Å²) in [6.07, 6.45) is 0. The average molecular weight is 217 g/mol. The summed E-state index contributed by atoms with van der Waals surface area (Å²) < 4.78 is 0. The van der Waals surface area contributed by atoms with Crippen molar-refractivity contribution in [2.24, 2.45) is 0 Å². The molecule has 0 heteroatoms. The van der Waals surface area contributed by atoms with Crippen LogP contribution < -0.4 is 0 Å². The van der Waals surface area contributed by atoms with Crippen LogP contribution in [0.15, 0.2) is 60.7 Å². The summed E-state index contributed by atoms with van der Waals surface area (Å²) in [6, 6.07) is 24.6. The summed E-state index contributed by atoms with van der Waals surface area (Å²) >= 11 is 0. The molecule has 0 aliphatic heterocycles. The minimum atomic E-state index is 1.16. The van der Waals surface area contributed by atoms with E-state index >= 15 is 0 Å². The van der Waals surface area contributed by atoms with Gasteiger partial charge < -0.3 is 0 Å². The molecular weight excluding hydrogens is 204 g/mol. The number of fused-ring (bicyclic) bond motifs is 1. The quantitative estimate of drug-likeness (QED) is 0.558. The summed E-state index contributed by atoms with van der Waals surface area (Å²) in [5.74, 6) is 0. The highest BCUT2D eigenvalue weighted by Crippen LogP contribution is 2.24. The molecule has 0 saturated carbocycles. The van der Waals surface area contributed by atoms with E-state index in [2.05, 4.69) is 73.7 Å². The summed E-state index contributed by atoms with van der Waals surface area (Å²) in [4.78, 5) is 0. The van der Waals surface area contributed by atoms with E-state index < -0.39 is 0 Å². The van der Waals surface area contributed by atoms with E-state index in [0.29, 0.717) is 0 Å². The highest BCUT2D eigenvalue weighted by Gasteiger charge is 1.99. The van der Waals surface area contributed by atoms with Crippen molar-refractivity contribution in [2.75, 3.05) is 0 Å². The molecule has 0 saturated heterocycles. The van der Waals surface area contributed by atoms with Crippen molar-refractivity contribution in [3.05, 3.63) is 72.3 Å². The van der Waals surface area contributed by atoms with Gasteiger partial charge in [0, 0.05) is 0 Å². The summed E-state index contributed by atoms with van der Waals surface area (Å²) in [5, 5.41) is 2.56. The summed E-state index contributed by atoms with van der Waals surface area (Å²) in [5.41, 5.74) is 3.57. The Morgan fingerprint density at radius 3 is 2.41 bits per heavy atom. The van der Waals surface area contributed by atoms with Crippen molar-refractivity contribution in [1.82, 2.24) is 0 Å². The van der Waals surface area contributed by atoms with Gasteiger partial charge in [-0.2, -0.15) is 0 Å². The second kappa shape index (κ2) is 4.06. The molecule has 0 atom stereocenters. The lowest BCUT2D eigenvalue weighted by atomic mass is 10.0. The predicted octanol–water partition coefficient (Wildman–Crippen LogP) is 4.62. The van der Waals surface area contributed by atoms with Crippen molar-refractivity contribution in [3.8, 4) is 11.1 Å². The zero-order valence-corrected chi connectivity index (χ0v) is 9.77. The molecular formula is C17H13. The first kappa shape index (κ1) is 10.1. The molecule has 0 aliphatic rings. The van der Waals surface area contributed by atoms with Crippen LogP contribution in [0.5, 0.6) is 0 Å². The van der Waals surface area contributed by atoms with E-state index in [1.54, 1.807) is 0 Å². The van der Waals surface area contributed by atoms with Crippen LogP contribution in [0.25, 0.3) is 21.9 Å². The van der Waals surface area contributed by atoms with Crippen LogP contribution in [0.3, 0.4) is 0 Å². The lowest BCUT2D eigenvalue weighted by molar-refractivity contribution is 1.46. The van der Waals surface area contributed by atoms with E-state index in [0.717, 1.165) is 5.56 Å². The van der Waals surface area contributed by atoms with Crippen molar-refractivity contribution >= 4 is 10.8 Å². The van der Waals surface area contributed by atoms with Crippen LogP contribution in [-0.4, -0.2) is 0 Å². The van der Waals surface area contributed by atoms with Crippen LogP contribution in [0.1, 0.15) is 5.56 Å². The van der Waals surface area contributed by atoms with Gasteiger partial charge in [-0.15, -0.1) is 0 Å². The molecule has 0 heterocycles. The number of rotatable bonds is 1. The van der Waals surface area contributed by atoms with E-state index in [1.807, 2.05) is 0 Å². The molecule has 0 unspecified atom stereocenters. The molecule has 0 spiro atoms. The maximum absolute atomic E-state index is 3.39. The van der Waals surface area contributed by atoms with Crippen molar-refractivity contribution in [1.29, 1.82) is 0 Å². The highest BCUT2D eigenvalue weighted by molar-refractivity contribution is 5.87. The second-order valence-corrected chi connectivity index (χ2v) is 4.31. The molecule has 0 fully saturated rings. The topological polar surface area (TPSA) is 0 Å². The Labute approximate surface area is 102 Å². The minimum Gasteiger partial charge on any atom is -0.0616 e. The van der Waals surface area contributed by atoms with E-state index in [1.165, 1.54) is 21.9 Å². The van der Waals surface area contributed by atoms with Crippen molar-refractivity contribution in [3.63, 3.8) is 0 Å². The van der Waals surface area contributed by atoms with Gasteiger partial charge in [0.1, 0.15) is 0 Å². The van der Waals surface area contributed by atoms with Gasteiger partial charge in [0.2, 0.25) is 0 Å². The van der Waals surface area contributed by atoms with Crippen LogP contribution in [0.4, 0.5) is 0 Å². The standard InChI is InChI=1S/C17H13/c1-13-5-4-8-15(11-13)17-10-9-14-6-2-3-7-16(14)12-17/h2-10,12H,1H3. The molecule has 0 nitrogen and oxygen atoms in total. The van der Waals surface area contributed by atoms with E-state index in [-0.39, 0.29) is 0 Å². The van der Waals surface area contributed by atoms with Crippen LogP contribution >= 0.6 is 0 Å². The first-order valence-corrected chi connectivity index (χ1v) is 5.81. The molecule has 3 rings (SSSR count). The molecule has 17 heavy (non-hydrogen) atoms. The third kappa shape index (κ3) is 1.94. The Kier molecular flexibility index (Phi) is 2.41. The van der Waals surface area contributed by atoms with E-state index in [9.17, 15) is 0 Å². The lowest BCUT2D eigenvalue weighted by Crippen LogP contribution is -1.80. The molecule has 1 radical (unpaired) electrons. The zero-order valence-electron chi connectivity index (χ0n) is 9.77. The predicted molar refractivity (Wildman–Crippen MR) is 73.0 cm³/mol. The van der Waals surface area contributed by atoms with Gasteiger partial charge in [-0.3, -0.25) is 0 Å². The van der Waals surface area contributed by atoms with Crippen LogP contribution in [0, 0.1) is 13.0 Å². The van der Waals surface area contributed by atoms with Gasteiger partial charge >= 0.3 is 0 Å². The molecule has 3 aromatic carbocycles. The maximum atomic E-state index is 3.39. The summed E-state index contributed by atoms with van der Waals surface area (Å²) in [7, 11) is 0. The Hall–Kier alpha value is -2.08. The normalized spacial score (nSPS) is 10.6. The molecule has 0 aromatic heterocycles. The maximum Gasteiger partial charge on any atom is -0.00672 e. The van der Waals surface area contributed by atoms with Gasteiger partial charge in [-0.1, -0.05) is 54.6 Å².